The maximum atomic E-state index is 14.5. The summed E-state index contributed by atoms with van der Waals surface area (Å²) in [4.78, 5) is 74.4. The minimum absolute atomic E-state index is 0.0261. The SMILES string of the molecule is CCC(c1ncc(-c2ccc(-c3ccc(-c4cnc(C5CCC(C)N5C(=O)C(NC(=O)OC)C5CC(C)OC(C)C5)[nH]4)cc3)cc2)[nH]1)N(C(=O)C(NC(=O)OC)C1CC(C)OC(C)C1)C(C)C. The molecule has 0 aliphatic carbocycles. The number of imidazole rings is 2. The van der Waals surface area contributed by atoms with Gasteiger partial charge in [-0.25, -0.2) is 19.6 Å². The molecule has 4 aromatic rings. The molecule has 0 spiro atoms. The lowest BCUT2D eigenvalue weighted by Gasteiger charge is -2.41. The molecule has 3 fully saturated rings. The van der Waals surface area contributed by atoms with Gasteiger partial charge in [-0.15, -0.1) is 0 Å². The predicted molar refractivity (Wildman–Crippen MR) is 254 cm³/mol. The number of benzene rings is 2. The molecular formula is C51H70N8O8. The van der Waals surface area contributed by atoms with E-state index in [4.69, 9.17) is 28.9 Å². The van der Waals surface area contributed by atoms with Crippen LogP contribution in [0.15, 0.2) is 60.9 Å². The van der Waals surface area contributed by atoms with Crippen molar-refractivity contribution in [2.75, 3.05) is 14.2 Å². The Morgan fingerprint density at radius 2 is 1.16 bits per heavy atom. The normalized spacial score (nSPS) is 25.5. The van der Waals surface area contributed by atoms with Gasteiger partial charge in [-0.3, -0.25) is 9.59 Å². The van der Waals surface area contributed by atoms with Crippen molar-refractivity contribution in [1.29, 1.82) is 0 Å². The summed E-state index contributed by atoms with van der Waals surface area (Å²) >= 11 is 0. The highest BCUT2D eigenvalue weighted by molar-refractivity contribution is 5.87. The third-order valence-corrected chi connectivity index (χ3v) is 13.9. The van der Waals surface area contributed by atoms with Crippen LogP contribution < -0.4 is 10.6 Å². The molecule has 362 valence electrons. The van der Waals surface area contributed by atoms with E-state index in [0.29, 0.717) is 43.8 Å². The number of aromatic nitrogens is 4. The zero-order chi connectivity index (χ0) is 48.1. The van der Waals surface area contributed by atoms with E-state index in [1.807, 2.05) is 64.5 Å². The third kappa shape index (κ3) is 11.2. The quantitative estimate of drug-likeness (QED) is 0.0951. The van der Waals surface area contributed by atoms with E-state index in [1.54, 1.807) is 6.20 Å². The molecule has 16 nitrogen and oxygen atoms in total. The Balaban J connectivity index is 1.03. The van der Waals surface area contributed by atoms with E-state index >= 15 is 0 Å². The predicted octanol–water partition coefficient (Wildman–Crippen LogP) is 8.73. The van der Waals surface area contributed by atoms with Gasteiger partial charge in [-0.1, -0.05) is 55.5 Å². The summed E-state index contributed by atoms with van der Waals surface area (Å²) in [6.45, 7) is 16.1. The Morgan fingerprint density at radius 1 is 0.701 bits per heavy atom. The van der Waals surface area contributed by atoms with Crippen LogP contribution in [0.25, 0.3) is 33.6 Å². The highest BCUT2D eigenvalue weighted by Gasteiger charge is 2.45. The molecule has 2 aromatic carbocycles. The Labute approximate surface area is 394 Å². The molecule has 3 aliphatic heterocycles. The van der Waals surface area contributed by atoms with E-state index in [-0.39, 0.29) is 72.2 Å². The van der Waals surface area contributed by atoms with Crippen molar-refractivity contribution in [2.24, 2.45) is 11.8 Å². The van der Waals surface area contributed by atoms with Gasteiger partial charge in [0.1, 0.15) is 23.7 Å². The van der Waals surface area contributed by atoms with Crippen LogP contribution in [0.2, 0.25) is 0 Å². The lowest BCUT2D eigenvalue weighted by atomic mass is 9.85. The first-order valence-electron chi connectivity index (χ1n) is 24.0. The number of hydrogen-bond acceptors (Lipinski definition) is 10. The third-order valence-electron chi connectivity index (χ3n) is 13.9. The minimum atomic E-state index is -0.775. The van der Waals surface area contributed by atoms with Crippen LogP contribution in [0, 0.1) is 11.8 Å². The molecule has 3 aliphatic rings. The van der Waals surface area contributed by atoms with Gasteiger partial charge in [0.15, 0.2) is 0 Å². The minimum Gasteiger partial charge on any atom is -0.453 e. The number of alkyl carbamates (subject to hydrolysis) is 2. The fraction of sp³-hybridized carbons (Fsp3) is 0.569. The van der Waals surface area contributed by atoms with E-state index < -0.39 is 24.3 Å². The molecule has 9 atom stereocenters. The zero-order valence-electron chi connectivity index (χ0n) is 40.7. The molecule has 9 unspecified atom stereocenters. The van der Waals surface area contributed by atoms with Crippen molar-refractivity contribution >= 4 is 24.0 Å². The molecule has 4 N–H and O–H groups in total. The van der Waals surface area contributed by atoms with Gasteiger partial charge in [0.2, 0.25) is 11.8 Å². The molecule has 7 rings (SSSR count). The van der Waals surface area contributed by atoms with Gasteiger partial charge in [0.05, 0.1) is 74.5 Å². The first kappa shape index (κ1) is 49.2. The van der Waals surface area contributed by atoms with Gasteiger partial charge < -0.3 is 49.3 Å². The number of nitrogens with zero attached hydrogens (tertiary/aromatic N) is 4. The fourth-order valence-electron chi connectivity index (χ4n) is 10.8. The molecule has 0 saturated carbocycles. The number of rotatable bonds is 14. The van der Waals surface area contributed by atoms with E-state index in [1.165, 1.54) is 14.2 Å². The number of carbonyl (C=O) groups excluding carboxylic acids is 4. The monoisotopic (exact) mass is 923 g/mol. The van der Waals surface area contributed by atoms with Crippen molar-refractivity contribution in [3.63, 3.8) is 0 Å². The Bertz CT molecular complexity index is 2290. The Kier molecular flexibility index (Phi) is 15.8. The lowest BCUT2D eigenvalue weighted by Crippen LogP contribution is -2.56. The summed E-state index contributed by atoms with van der Waals surface area (Å²) < 4.78 is 21.9. The van der Waals surface area contributed by atoms with Crippen LogP contribution in [0.1, 0.15) is 124 Å². The fourth-order valence-corrected chi connectivity index (χ4v) is 10.8. The van der Waals surface area contributed by atoms with Crippen LogP contribution in [0.4, 0.5) is 9.59 Å². The van der Waals surface area contributed by atoms with Gasteiger partial charge >= 0.3 is 12.2 Å². The van der Waals surface area contributed by atoms with Crippen LogP contribution in [-0.4, -0.2) is 117 Å². The summed E-state index contributed by atoms with van der Waals surface area (Å²) in [5.41, 5.74) is 5.69. The molecule has 3 saturated heterocycles. The molecule has 4 amide bonds. The molecule has 2 aromatic heterocycles. The first-order chi connectivity index (χ1) is 32.1. The molecule has 67 heavy (non-hydrogen) atoms. The number of aromatic amines is 2. The topological polar surface area (TPSA) is 193 Å². The average molecular weight is 923 g/mol. The van der Waals surface area contributed by atoms with Crippen molar-refractivity contribution in [2.45, 2.75) is 161 Å². The number of carbonyl (C=O) groups is 4. The number of ether oxygens (including phenoxy) is 4. The molecule has 16 heteroatoms. The lowest BCUT2D eigenvalue weighted by molar-refractivity contribution is -0.142. The van der Waals surface area contributed by atoms with Gasteiger partial charge in [0.25, 0.3) is 0 Å². The Morgan fingerprint density at radius 3 is 1.66 bits per heavy atom. The summed E-state index contributed by atoms with van der Waals surface area (Å²) in [5.74, 6) is 0.885. The smallest absolute Gasteiger partial charge is 0.407 e. The largest absolute Gasteiger partial charge is 0.453 e. The zero-order valence-corrected chi connectivity index (χ0v) is 40.7. The second-order valence-electron chi connectivity index (χ2n) is 19.2. The molecular weight excluding hydrogens is 853 g/mol. The van der Waals surface area contributed by atoms with Crippen LogP contribution in [0.5, 0.6) is 0 Å². The number of nitrogens with one attached hydrogen (secondary N) is 4. The van der Waals surface area contributed by atoms with E-state index in [9.17, 15) is 19.2 Å². The Hall–Kier alpha value is -5.74. The van der Waals surface area contributed by atoms with Crippen LogP contribution >= 0.6 is 0 Å². The number of methoxy groups -OCH3 is 2. The molecule has 0 radical (unpaired) electrons. The maximum Gasteiger partial charge on any atom is 0.407 e. The summed E-state index contributed by atoms with van der Waals surface area (Å²) in [6.07, 6.45) is 7.02. The standard InChI is InChI=1S/C51H70N8O8/c1-11-42(58(28(2)3)48(60)44(56-50(62)64-9)38-22-30(5)66-31(6)23-38)46-52-26-40(54-46)36-17-13-34(14-18-36)35-15-19-37(20-16-35)41-27-53-47(55-41)43-21-12-29(4)59(43)49(61)45(57-51(63)65-10)39-24-32(7)67-33(8)25-39/h13-20,26-33,38-39,42-45H,11-12,21-25H2,1-10H3,(H,52,54)(H,53,55)(H,56,62)(H,57,63). The molecule has 0 bridgehead atoms. The maximum absolute atomic E-state index is 14.5. The van der Waals surface area contributed by atoms with Crippen LogP contribution in [-0.2, 0) is 28.5 Å². The highest BCUT2D eigenvalue weighted by atomic mass is 16.5. The molecule has 5 heterocycles. The van der Waals surface area contributed by atoms with Crippen LogP contribution in [0.3, 0.4) is 0 Å². The van der Waals surface area contributed by atoms with Crippen molar-refractivity contribution in [3.8, 4) is 33.6 Å². The average Bonchev–Trinajstić information content (AvgIpc) is 4.09. The summed E-state index contributed by atoms with van der Waals surface area (Å²) in [7, 11) is 2.62. The summed E-state index contributed by atoms with van der Waals surface area (Å²) in [6, 6.07) is 14.2. The first-order valence-corrected chi connectivity index (χ1v) is 24.0. The van der Waals surface area contributed by atoms with Crippen molar-refractivity contribution < 1.29 is 38.1 Å². The summed E-state index contributed by atoms with van der Waals surface area (Å²) in [5, 5.41) is 5.75. The second-order valence-corrected chi connectivity index (χ2v) is 19.2. The van der Waals surface area contributed by atoms with Gasteiger partial charge in [-0.05, 0) is 128 Å². The van der Waals surface area contributed by atoms with E-state index in [0.717, 1.165) is 46.5 Å². The number of hydrogen-bond donors (Lipinski definition) is 4. The number of likely N-dealkylation sites (tertiary alicyclic amines) is 1. The highest BCUT2D eigenvalue weighted by Crippen LogP contribution is 2.39. The van der Waals surface area contributed by atoms with Gasteiger partial charge in [0, 0.05) is 12.1 Å². The van der Waals surface area contributed by atoms with E-state index in [2.05, 4.69) is 76.1 Å². The van der Waals surface area contributed by atoms with Crippen molar-refractivity contribution in [1.82, 2.24) is 40.4 Å². The number of H-pyrrole nitrogens is 2. The van der Waals surface area contributed by atoms with Crippen molar-refractivity contribution in [3.05, 3.63) is 72.6 Å². The second kappa shape index (κ2) is 21.5. The number of amides is 4. The van der Waals surface area contributed by atoms with Gasteiger partial charge in [-0.2, -0.15) is 0 Å².